The molecule has 2 aliphatic heterocycles. The Labute approximate surface area is 137 Å². The molecule has 0 saturated carbocycles. The molecule has 2 saturated heterocycles. The lowest BCUT2D eigenvalue weighted by Gasteiger charge is -2.31. The fourth-order valence-corrected chi connectivity index (χ4v) is 3.51. The molecule has 120 valence electrons. The van der Waals surface area contributed by atoms with Crippen LogP contribution >= 0.6 is 11.6 Å². The summed E-state index contributed by atoms with van der Waals surface area (Å²) in [5.74, 6) is 0.233. The molecule has 1 aromatic rings. The maximum atomic E-state index is 12.5. The number of carbonyl (C=O) groups is 1. The van der Waals surface area contributed by atoms with Crippen molar-refractivity contribution in [2.24, 2.45) is 5.92 Å². The molecular formula is C17H24ClN3O. The molecule has 0 spiro atoms. The Morgan fingerprint density at radius 3 is 2.64 bits per heavy atom. The van der Waals surface area contributed by atoms with E-state index < -0.39 is 0 Å². The molecule has 3 rings (SSSR count). The summed E-state index contributed by atoms with van der Waals surface area (Å²) < 4.78 is 0. The first kappa shape index (κ1) is 15.6. The number of hydrogen-bond donors (Lipinski definition) is 2. The number of rotatable bonds is 3. The van der Waals surface area contributed by atoms with Crippen LogP contribution < -0.4 is 15.5 Å². The van der Waals surface area contributed by atoms with Crippen molar-refractivity contribution in [2.75, 3.05) is 36.4 Å². The van der Waals surface area contributed by atoms with Crippen molar-refractivity contribution in [3.05, 3.63) is 23.2 Å². The number of halogens is 1. The topological polar surface area (TPSA) is 44.4 Å². The summed E-state index contributed by atoms with van der Waals surface area (Å²) in [5.41, 5.74) is 1.96. The molecule has 0 radical (unpaired) electrons. The van der Waals surface area contributed by atoms with Crippen LogP contribution in [0.3, 0.4) is 0 Å². The van der Waals surface area contributed by atoms with Crippen molar-refractivity contribution in [2.45, 2.75) is 32.1 Å². The number of piperidine rings is 2. The summed E-state index contributed by atoms with van der Waals surface area (Å²) in [5, 5.41) is 7.09. The van der Waals surface area contributed by atoms with Crippen LogP contribution in [-0.4, -0.2) is 32.1 Å². The lowest BCUT2D eigenvalue weighted by molar-refractivity contribution is -0.120. The predicted molar refractivity (Wildman–Crippen MR) is 91.7 cm³/mol. The van der Waals surface area contributed by atoms with Crippen molar-refractivity contribution in [3.63, 3.8) is 0 Å². The van der Waals surface area contributed by atoms with Gasteiger partial charge in [-0.25, -0.2) is 0 Å². The van der Waals surface area contributed by atoms with Crippen molar-refractivity contribution >= 4 is 28.9 Å². The quantitative estimate of drug-likeness (QED) is 0.898. The second-order valence-electron chi connectivity index (χ2n) is 6.22. The predicted octanol–water partition coefficient (Wildman–Crippen LogP) is 3.27. The summed E-state index contributed by atoms with van der Waals surface area (Å²) in [4.78, 5) is 14.9. The number of hydrogen-bond acceptors (Lipinski definition) is 3. The summed E-state index contributed by atoms with van der Waals surface area (Å²) in [6.45, 7) is 3.95. The Morgan fingerprint density at radius 1 is 1.18 bits per heavy atom. The Kier molecular flexibility index (Phi) is 5.21. The number of benzene rings is 1. The van der Waals surface area contributed by atoms with Gasteiger partial charge in [0.15, 0.2) is 0 Å². The molecule has 0 atom stereocenters. The molecule has 2 fully saturated rings. The van der Waals surface area contributed by atoms with E-state index in [1.165, 1.54) is 19.3 Å². The van der Waals surface area contributed by atoms with Gasteiger partial charge in [-0.15, -0.1) is 0 Å². The highest BCUT2D eigenvalue weighted by Crippen LogP contribution is 2.32. The van der Waals surface area contributed by atoms with E-state index in [4.69, 9.17) is 11.6 Å². The molecule has 0 aliphatic carbocycles. The zero-order valence-corrected chi connectivity index (χ0v) is 13.7. The second-order valence-corrected chi connectivity index (χ2v) is 6.66. The normalized spacial score (nSPS) is 20.0. The number of carbonyl (C=O) groups excluding carboxylic acids is 1. The van der Waals surface area contributed by atoms with Gasteiger partial charge in [-0.05, 0) is 63.4 Å². The molecule has 0 aromatic heterocycles. The molecule has 0 bridgehead atoms. The third-order valence-electron chi connectivity index (χ3n) is 4.62. The number of amides is 1. The summed E-state index contributed by atoms with van der Waals surface area (Å²) in [7, 11) is 0. The van der Waals surface area contributed by atoms with E-state index in [2.05, 4.69) is 15.5 Å². The molecular weight excluding hydrogens is 298 g/mol. The molecule has 0 unspecified atom stereocenters. The highest BCUT2D eigenvalue weighted by atomic mass is 35.5. The SMILES string of the molecule is O=C(Nc1cc(Cl)ccc1N1CCCCC1)C1CCNCC1. The number of anilines is 2. The monoisotopic (exact) mass is 321 g/mol. The molecule has 5 heteroatoms. The highest BCUT2D eigenvalue weighted by Gasteiger charge is 2.23. The fourth-order valence-electron chi connectivity index (χ4n) is 3.34. The Bertz CT molecular complexity index is 523. The Morgan fingerprint density at radius 2 is 1.91 bits per heavy atom. The maximum absolute atomic E-state index is 12.5. The van der Waals surface area contributed by atoms with Gasteiger partial charge in [0.1, 0.15) is 0 Å². The van der Waals surface area contributed by atoms with Crippen molar-refractivity contribution in [1.29, 1.82) is 0 Å². The smallest absolute Gasteiger partial charge is 0.227 e. The van der Waals surface area contributed by atoms with Gasteiger partial charge in [0.05, 0.1) is 11.4 Å². The van der Waals surface area contributed by atoms with Crippen molar-refractivity contribution in [3.8, 4) is 0 Å². The first-order valence-electron chi connectivity index (χ1n) is 8.30. The summed E-state index contributed by atoms with van der Waals surface area (Å²) >= 11 is 6.15. The van der Waals surface area contributed by atoms with Gasteiger partial charge in [-0.3, -0.25) is 4.79 Å². The highest BCUT2D eigenvalue weighted by molar-refractivity contribution is 6.31. The van der Waals surface area contributed by atoms with Crippen LogP contribution in [0.2, 0.25) is 5.02 Å². The van der Waals surface area contributed by atoms with E-state index in [1.54, 1.807) is 0 Å². The molecule has 22 heavy (non-hydrogen) atoms. The molecule has 2 heterocycles. The Balaban J connectivity index is 1.76. The van der Waals surface area contributed by atoms with E-state index in [9.17, 15) is 4.79 Å². The minimum absolute atomic E-state index is 0.106. The maximum Gasteiger partial charge on any atom is 0.227 e. The van der Waals surface area contributed by atoms with Crippen LogP contribution in [0.1, 0.15) is 32.1 Å². The average molecular weight is 322 g/mol. The molecule has 4 nitrogen and oxygen atoms in total. The number of nitrogens with one attached hydrogen (secondary N) is 2. The van der Waals surface area contributed by atoms with Crippen LogP contribution in [0, 0.1) is 5.92 Å². The zero-order valence-electron chi connectivity index (χ0n) is 12.9. The number of nitrogens with zero attached hydrogens (tertiary/aromatic N) is 1. The third kappa shape index (κ3) is 3.73. The van der Waals surface area contributed by atoms with Crippen molar-refractivity contribution < 1.29 is 4.79 Å². The first-order chi connectivity index (χ1) is 10.7. The minimum atomic E-state index is 0.106. The largest absolute Gasteiger partial charge is 0.370 e. The standard InChI is InChI=1S/C17H24ClN3O/c18-14-4-5-16(21-10-2-1-3-11-21)15(12-14)20-17(22)13-6-8-19-9-7-13/h4-5,12-13,19H,1-3,6-11H2,(H,20,22). The molecule has 1 amide bonds. The van der Waals surface area contributed by atoms with Gasteiger partial charge >= 0.3 is 0 Å². The van der Waals surface area contributed by atoms with Gasteiger partial charge in [0.2, 0.25) is 5.91 Å². The van der Waals surface area contributed by atoms with E-state index in [1.807, 2.05) is 18.2 Å². The van der Waals surface area contributed by atoms with Gasteiger partial charge in [0.25, 0.3) is 0 Å². The Hall–Kier alpha value is -1.26. The molecule has 2 aliphatic rings. The van der Waals surface area contributed by atoms with Gasteiger partial charge in [0, 0.05) is 24.0 Å². The van der Waals surface area contributed by atoms with Crippen LogP contribution in [0.25, 0.3) is 0 Å². The van der Waals surface area contributed by atoms with Crippen molar-refractivity contribution in [1.82, 2.24) is 5.32 Å². The zero-order chi connectivity index (χ0) is 15.4. The van der Waals surface area contributed by atoms with E-state index in [-0.39, 0.29) is 11.8 Å². The van der Waals surface area contributed by atoms with E-state index in [0.29, 0.717) is 5.02 Å². The van der Waals surface area contributed by atoms with Gasteiger partial charge < -0.3 is 15.5 Å². The lowest BCUT2D eigenvalue weighted by Crippen LogP contribution is -2.35. The summed E-state index contributed by atoms with van der Waals surface area (Å²) in [6.07, 6.45) is 5.53. The molecule has 1 aromatic carbocycles. The summed E-state index contributed by atoms with van der Waals surface area (Å²) in [6, 6.07) is 5.82. The average Bonchev–Trinajstić information content (AvgIpc) is 2.56. The van der Waals surface area contributed by atoms with E-state index in [0.717, 1.165) is 50.4 Å². The van der Waals surface area contributed by atoms with Crippen LogP contribution in [0.15, 0.2) is 18.2 Å². The fraction of sp³-hybridized carbons (Fsp3) is 0.588. The second kappa shape index (κ2) is 7.34. The third-order valence-corrected chi connectivity index (χ3v) is 4.86. The molecule has 2 N–H and O–H groups in total. The minimum Gasteiger partial charge on any atom is -0.370 e. The lowest BCUT2D eigenvalue weighted by atomic mass is 9.97. The van der Waals surface area contributed by atoms with Crippen LogP contribution in [-0.2, 0) is 4.79 Å². The van der Waals surface area contributed by atoms with Gasteiger partial charge in [-0.1, -0.05) is 11.6 Å². The van der Waals surface area contributed by atoms with Gasteiger partial charge in [-0.2, -0.15) is 0 Å². The first-order valence-corrected chi connectivity index (χ1v) is 8.68. The van der Waals surface area contributed by atoms with Crippen LogP contribution in [0.5, 0.6) is 0 Å². The van der Waals surface area contributed by atoms with E-state index >= 15 is 0 Å². The van der Waals surface area contributed by atoms with Crippen LogP contribution in [0.4, 0.5) is 11.4 Å².